The molecule has 0 saturated heterocycles. The fourth-order valence-corrected chi connectivity index (χ4v) is 3.35. The van der Waals surface area contributed by atoms with Crippen molar-refractivity contribution in [1.29, 1.82) is 5.26 Å². The Bertz CT molecular complexity index is 1300. The summed E-state index contributed by atoms with van der Waals surface area (Å²) in [7, 11) is 0. The number of benzene rings is 3. The molecule has 154 valence electrons. The first-order chi connectivity index (χ1) is 15.0. The number of aliphatic hydroxyl groups is 1. The molecule has 1 unspecified atom stereocenters. The molecular formula is C25H21N3O3. The fourth-order valence-electron chi connectivity index (χ4n) is 3.35. The number of aryl methyl sites for hydroxylation is 1. The van der Waals surface area contributed by atoms with Crippen LogP contribution in [0.15, 0.2) is 77.6 Å². The number of fused-ring (bicyclic) bond motifs is 1. The van der Waals surface area contributed by atoms with E-state index in [0.29, 0.717) is 22.4 Å². The minimum atomic E-state index is -0.937. The lowest BCUT2D eigenvalue weighted by Crippen LogP contribution is -2.32. The second kappa shape index (κ2) is 8.82. The lowest BCUT2D eigenvalue weighted by molar-refractivity contribution is 0.0882. The van der Waals surface area contributed by atoms with Gasteiger partial charge in [0.1, 0.15) is 18.5 Å². The van der Waals surface area contributed by atoms with Crippen molar-refractivity contribution in [3.8, 4) is 23.1 Å². The van der Waals surface area contributed by atoms with E-state index < -0.39 is 6.10 Å². The van der Waals surface area contributed by atoms with Crippen molar-refractivity contribution in [1.82, 2.24) is 9.78 Å². The number of hydrogen-bond acceptors (Lipinski definition) is 5. The number of nitriles is 1. The van der Waals surface area contributed by atoms with Crippen LogP contribution >= 0.6 is 0 Å². The molecule has 6 heteroatoms. The van der Waals surface area contributed by atoms with Gasteiger partial charge in [-0.25, -0.2) is 4.68 Å². The number of rotatable bonds is 6. The van der Waals surface area contributed by atoms with E-state index in [9.17, 15) is 9.90 Å². The first-order valence-corrected chi connectivity index (χ1v) is 9.93. The fraction of sp³-hybridized carbons (Fsp3) is 0.160. The Morgan fingerprint density at radius 2 is 1.71 bits per heavy atom. The topological polar surface area (TPSA) is 88.1 Å². The largest absolute Gasteiger partial charge is 0.491 e. The van der Waals surface area contributed by atoms with Crippen molar-refractivity contribution in [2.45, 2.75) is 19.6 Å². The van der Waals surface area contributed by atoms with E-state index in [2.05, 4.69) is 5.10 Å². The van der Waals surface area contributed by atoms with Crippen LogP contribution in [0, 0.1) is 18.3 Å². The molecule has 1 aromatic heterocycles. The molecule has 31 heavy (non-hydrogen) atoms. The number of ether oxygens (including phenoxy) is 1. The average Bonchev–Trinajstić information content (AvgIpc) is 2.80. The quantitative estimate of drug-likeness (QED) is 0.523. The molecule has 0 bridgehead atoms. The summed E-state index contributed by atoms with van der Waals surface area (Å²) < 4.78 is 6.89. The van der Waals surface area contributed by atoms with Crippen LogP contribution in [0.1, 0.15) is 11.1 Å². The molecule has 0 saturated carbocycles. The molecule has 3 aromatic carbocycles. The molecule has 1 heterocycles. The predicted molar refractivity (Wildman–Crippen MR) is 119 cm³/mol. The molecule has 1 N–H and O–H groups in total. The molecular weight excluding hydrogens is 390 g/mol. The molecule has 0 fully saturated rings. The van der Waals surface area contributed by atoms with Crippen molar-refractivity contribution < 1.29 is 9.84 Å². The van der Waals surface area contributed by atoms with Gasteiger partial charge in [0.2, 0.25) is 0 Å². The standard InChI is InChI=1S/C25H21N3O3/c1-17-6-10-19(11-7-17)24-22-4-2-3-5-23(22)25(30)28(27-24)15-20(29)16-31-21-12-8-18(14-26)9-13-21/h2-13,20,29H,15-16H2,1H3. The lowest BCUT2D eigenvalue weighted by Gasteiger charge is -2.15. The molecule has 0 aliphatic rings. The van der Waals surface area contributed by atoms with Gasteiger partial charge < -0.3 is 9.84 Å². The summed E-state index contributed by atoms with van der Waals surface area (Å²) in [6.07, 6.45) is -0.937. The zero-order chi connectivity index (χ0) is 21.8. The highest BCUT2D eigenvalue weighted by Crippen LogP contribution is 2.25. The molecule has 0 aliphatic heterocycles. The molecule has 1 atom stereocenters. The van der Waals surface area contributed by atoms with Crippen LogP contribution in [-0.4, -0.2) is 27.6 Å². The third kappa shape index (κ3) is 4.47. The van der Waals surface area contributed by atoms with Gasteiger partial charge in [-0.15, -0.1) is 0 Å². The highest BCUT2D eigenvalue weighted by molar-refractivity contribution is 5.93. The normalized spacial score (nSPS) is 11.8. The van der Waals surface area contributed by atoms with Crippen molar-refractivity contribution in [3.63, 3.8) is 0 Å². The Labute approximate surface area is 179 Å². The molecule has 4 rings (SSSR count). The van der Waals surface area contributed by atoms with Gasteiger partial charge >= 0.3 is 0 Å². The number of aromatic nitrogens is 2. The predicted octanol–water partition coefficient (Wildman–Crippen LogP) is 3.68. The summed E-state index contributed by atoms with van der Waals surface area (Å²) in [5.41, 5.74) is 3.00. The van der Waals surface area contributed by atoms with Gasteiger partial charge in [0.15, 0.2) is 0 Å². The smallest absolute Gasteiger partial charge is 0.274 e. The zero-order valence-corrected chi connectivity index (χ0v) is 17.0. The summed E-state index contributed by atoms with van der Waals surface area (Å²) in [4.78, 5) is 13.0. The van der Waals surface area contributed by atoms with E-state index in [1.54, 1.807) is 30.3 Å². The van der Waals surface area contributed by atoms with Gasteiger partial charge in [-0.1, -0.05) is 48.0 Å². The van der Waals surface area contributed by atoms with Crippen molar-refractivity contribution in [2.75, 3.05) is 6.61 Å². The van der Waals surface area contributed by atoms with Crippen LogP contribution in [0.2, 0.25) is 0 Å². The zero-order valence-electron chi connectivity index (χ0n) is 17.0. The first-order valence-electron chi connectivity index (χ1n) is 9.93. The number of hydrogen-bond donors (Lipinski definition) is 1. The van der Waals surface area contributed by atoms with E-state index in [1.807, 2.05) is 55.5 Å². The SMILES string of the molecule is Cc1ccc(-c2nn(CC(O)COc3ccc(C#N)cc3)c(=O)c3ccccc23)cc1. The summed E-state index contributed by atoms with van der Waals surface area (Å²) in [5.74, 6) is 0.539. The molecule has 4 aromatic rings. The summed E-state index contributed by atoms with van der Waals surface area (Å²) in [6, 6.07) is 24.0. The highest BCUT2D eigenvalue weighted by Gasteiger charge is 2.15. The van der Waals surface area contributed by atoms with Gasteiger partial charge in [0, 0.05) is 10.9 Å². The van der Waals surface area contributed by atoms with Crippen molar-refractivity contribution in [3.05, 3.63) is 94.3 Å². The monoisotopic (exact) mass is 411 g/mol. The van der Waals surface area contributed by atoms with Gasteiger partial charge in [-0.3, -0.25) is 4.79 Å². The van der Waals surface area contributed by atoms with E-state index in [4.69, 9.17) is 10.00 Å². The van der Waals surface area contributed by atoms with Gasteiger partial charge in [0.25, 0.3) is 5.56 Å². The van der Waals surface area contributed by atoms with Crippen LogP contribution in [0.3, 0.4) is 0 Å². The minimum Gasteiger partial charge on any atom is -0.491 e. The van der Waals surface area contributed by atoms with Crippen LogP contribution in [0.5, 0.6) is 5.75 Å². The summed E-state index contributed by atoms with van der Waals surface area (Å²) >= 11 is 0. The van der Waals surface area contributed by atoms with E-state index in [1.165, 1.54) is 4.68 Å². The van der Waals surface area contributed by atoms with Crippen LogP contribution in [0.4, 0.5) is 0 Å². The lowest BCUT2D eigenvalue weighted by atomic mass is 10.0. The first kappa shape index (κ1) is 20.3. The van der Waals surface area contributed by atoms with Crippen LogP contribution < -0.4 is 10.3 Å². The van der Waals surface area contributed by atoms with Gasteiger partial charge in [0.05, 0.1) is 29.3 Å². The third-order valence-electron chi connectivity index (χ3n) is 5.00. The molecule has 0 amide bonds. The Kier molecular flexibility index (Phi) is 5.78. The van der Waals surface area contributed by atoms with Crippen molar-refractivity contribution in [2.24, 2.45) is 0 Å². The van der Waals surface area contributed by atoms with E-state index in [0.717, 1.165) is 16.5 Å². The second-order valence-electron chi connectivity index (χ2n) is 7.35. The number of nitrogens with zero attached hydrogens (tertiary/aromatic N) is 3. The van der Waals surface area contributed by atoms with Crippen molar-refractivity contribution >= 4 is 10.8 Å². The second-order valence-corrected chi connectivity index (χ2v) is 7.35. The molecule has 0 aliphatic carbocycles. The summed E-state index contributed by atoms with van der Waals surface area (Å²) in [5, 5.41) is 25.2. The van der Waals surface area contributed by atoms with Gasteiger partial charge in [-0.2, -0.15) is 10.4 Å². The Morgan fingerprint density at radius 1 is 1.03 bits per heavy atom. The average molecular weight is 411 g/mol. The number of aliphatic hydroxyl groups excluding tert-OH is 1. The molecule has 0 radical (unpaired) electrons. The maximum absolute atomic E-state index is 13.0. The third-order valence-corrected chi connectivity index (χ3v) is 5.00. The maximum atomic E-state index is 13.0. The van der Waals surface area contributed by atoms with Crippen LogP contribution in [0.25, 0.3) is 22.0 Å². The summed E-state index contributed by atoms with van der Waals surface area (Å²) in [6.45, 7) is 2.01. The maximum Gasteiger partial charge on any atom is 0.274 e. The Hall–Kier alpha value is -3.95. The minimum absolute atomic E-state index is 0.00118. The molecule has 0 spiro atoms. The van der Waals surface area contributed by atoms with E-state index in [-0.39, 0.29) is 18.7 Å². The van der Waals surface area contributed by atoms with E-state index >= 15 is 0 Å². The Balaban J connectivity index is 1.61. The van der Waals surface area contributed by atoms with Crippen LogP contribution in [-0.2, 0) is 6.54 Å². The van der Waals surface area contributed by atoms with Gasteiger partial charge in [-0.05, 0) is 37.3 Å². The molecule has 6 nitrogen and oxygen atoms in total. The highest BCUT2D eigenvalue weighted by atomic mass is 16.5. The Morgan fingerprint density at radius 3 is 2.39 bits per heavy atom.